The first-order chi connectivity index (χ1) is 13.7. The Morgan fingerprint density at radius 1 is 1.10 bits per heavy atom. The minimum Gasteiger partial charge on any atom is -0.348 e. The zero-order valence-corrected chi connectivity index (χ0v) is 17.7. The van der Waals surface area contributed by atoms with E-state index in [-0.39, 0.29) is 33.9 Å². The number of hydrogen-bond donors (Lipinski definition) is 2. The van der Waals surface area contributed by atoms with Crippen LogP contribution in [0.4, 0.5) is 5.69 Å². The van der Waals surface area contributed by atoms with Crippen molar-refractivity contribution in [3.8, 4) is 0 Å². The van der Waals surface area contributed by atoms with Crippen molar-refractivity contribution in [2.75, 3.05) is 19.4 Å². The van der Waals surface area contributed by atoms with E-state index in [9.17, 15) is 18.0 Å². The Balaban J connectivity index is 1.64. The third-order valence-corrected chi connectivity index (χ3v) is 6.87. The lowest BCUT2D eigenvalue weighted by Crippen LogP contribution is -2.25. The molecule has 0 aromatic heterocycles. The number of amides is 2. The summed E-state index contributed by atoms with van der Waals surface area (Å²) >= 11 is 6.01. The Morgan fingerprint density at radius 3 is 2.34 bits per heavy atom. The van der Waals surface area contributed by atoms with Gasteiger partial charge in [0.05, 0.1) is 5.02 Å². The van der Waals surface area contributed by atoms with Gasteiger partial charge in [0.1, 0.15) is 4.90 Å². The average molecular weight is 436 g/mol. The van der Waals surface area contributed by atoms with Crippen LogP contribution in [0.25, 0.3) is 0 Å². The molecule has 2 aromatic carbocycles. The van der Waals surface area contributed by atoms with Crippen LogP contribution in [-0.2, 0) is 21.4 Å². The maximum absolute atomic E-state index is 12.5. The van der Waals surface area contributed by atoms with Gasteiger partial charge < -0.3 is 10.6 Å². The van der Waals surface area contributed by atoms with Gasteiger partial charge in [-0.1, -0.05) is 23.7 Å². The number of benzene rings is 2. The van der Waals surface area contributed by atoms with Gasteiger partial charge in [-0.15, -0.1) is 0 Å². The van der Waals surface area contributed by atoms with Crippen LogP contribution in [0, 0.1) is 5.92 Å². The van der Waals surface area contributed by atoms with Crippen molar-refractivity contribution in [1.82, 2.24) is 9.62 Å². The number of nitrogens with zero attached hydrogens (tertiary/aromatic N) is 1. The van der Waals surface area contributed by atoms with Gasteiger partial charge in [-0.3, -0.25) is 9.59 Å². The van der Waals surface area contributed by atoms with Gasteiger partial charge in [0, 0.05) is 37.8 Å². The summed E-state index contributed by atoms with van der Waals surface area (Å²) in [6, 6.07) is 11.3. The summed E-state index contributed by atoms with van der Waals surface area (Å²) in [5, 5.41) is 5.66. The van der Waals surface area contributed by atoms with E-state index in [1.165, 1.54) is 32.3 Å². The second-order valence-corrected chi connectivity index (χ2v) is 9.60. The summed E-state index contributed by atoms with van der Waals surface area (Å²) in [4.78, 5) is 24.1. The lowest BCUT2D eigenvalue weighted by molar-refractivity contribution is -0.117. The minimum absolute atomic E-state index is 0.0391. The fourth-order valence-electron chi connectivity index (χ4n) is 2.62. The van der Waals surface area contributed by atoms with Crippen molar-refractivity contribution in [2.24, 2.45) is 5.92 Å². The molecule has 7 nitrogen and oxygen atoms in total. The van der Waals surface area contributed by atoms with Gasteiger partial charge >= 0.3 is 0 Å². The smallest absolute Gasteiger partial charge is 0.251 e. The van der Waals surface area contributed by atoms with Crippen LogP contribution in [0.2, 0.25) is 5.02 Å². The van der Waals surface area contributed by atoms with E-state index < -0.39 is 15.9 Å². The first kappa shape index (κ1) is 21.3. The number of sulfonamides is 1. The number of nitrogens with one attached hydrogen (secondary N) is 2. The monoisotopic (exact) mass is 435 g/mol. The Bertz CT molecular complexity index is 1030. The van der Waals surface area contributed by atoms with E-state index in [1.807, 2.05) is 12.1 Å². The first-order valence-electron chi connectivity index (χ1n) is 9.08. The van der Waals surface area contributed by atoms with Gasteiger partial charge in [-0.05, 0) is 48.7 Å². The topological polar surface area (TPSA) is 95.6 Å². The number of rotatable bonds is 7. The van der Waals surface area contributed by atoms with E-state index in [1.54, 1.807) is 12.1 Å². The summed E-state index contributed by atoms with van der Waals surface area (Å²) in [7, 11) is -0.964. The predicted molar refractivity (Wildman–Crippen MR) is 111 cm³/mol. The van der Waals surface area contributed by atoms with Crippen molar-refractivity contribution >= 4 is 39.1 Å². The molecule has 0 radical (unpaired) electrons. The number of halogens is 1. The number of carbonyl (C=O) groups excluding carboxylic acids is 2. The Labute approximate surface area is 175 Å². The maximum Gasteiger partial charge on any atom is 0.251 e. The fraction of sp³-hybridized carbons (Fsp3) is 0.300. The van der Waals surface area contributed by atoms with Crippen molar-refractivity contribution in [3.63, 3.8) is 0 Å². The minimum atomic E-state index is -3.76. The lowest BCUT2D eigenvalue weighted by Gasteiger charge is -2.14. The van der Waals surface area contributed by atoms with Crippen LogP contribution in [-0.4, -0.2) is 38.6 Å². The molecule has 0 aliphatic heterocycles. The number of carbonyl (C=O) groups is 2. The second kappa shape index (κ2) is 8.52. The largest absolute Gasteiger partial charge is 0.348 e. The van der Waals surface area contributed by atoms with Gasteiger partial charge in [0.15, 0.2) is 0 Å². The third-order valence-electron chi connectivity index (χ3n) is 4.57. The molecule has 0 heterocycles. The second-order valence-electron chi connectivity index (χ2n) is 7.08. The SMILES string of the molecule is CN(C)S(=O)(=O)c1cc(C(=O)NCc2ccc(NC(=O)C3CC3)cc2)ccc1Cl. The molecule has 1 aliphatic rings. The van der Waals surface area contributed by atoms with Crippen LogP contribution in [0.3, 0.4) is 0 Å². The van der Waals surface area contributed by atoms with Crippen LogP contribution >= 0.6 is 11.6 Å². The predicted octanol–water partition coefficient (Wildman–Crippen LogP) is 2.87. The quantitative estimate of drug-likeness (QED) is 0.699. The van der Waals surface area contributed by atoms with Crippen LogP contribution in [0.15, 0.2) is 47.4 Å². The zero-order valence-electron chi connectivity index (χ0n) is 16.1. The summed E-state index contributed by atoms with van der Waals surface area (Å²) < 4.78 is 25.7. The van der Waals surface area contributed by atoms with E-state index in [0.717, 1.165) is 22.7 Å². The molecular formula is C20H22ClN3O4S. The first-order valence-corrected chi connectivity index (χ1v) is 10.9. The Hall–Kier alpha value is -2.42. The zero-order chi connectivity index (χ0) is 21.2. The van der Waals surface area contributed by atoms with E-state index in [0.29, 0.717) is 5.69 Å². The van der Waals surface area contributed by atoms with Crippen molar-refractivity contribution < 1.29 is 18.0 Å². The van der Waals surface area contributed by atoms with Gasteiger partial charge in [-0.2, -0.15) is 0 Å². The van der Waals surface area contributed by atoms with Crippen LogP contribution in [0.1, 0.15) is 28.8 Å². The van der Waals surface area contributed by atoms with Gasteiger partial charge in [-0.25, -0.2) is 12.7 Å². The van der Waals surface area contributed by atoms with Gasteiger partial charge in [0.2, 0.25) is 15.9 Å². The third kappa shape index (κ3) is 5.14. The Kier molecular flexibility index (Phi) is 6.26. The summed E-state index contributed by atoms with van der Waals surface area (Å²) in [6.45, 7) is 0.258. The molecule has 0 saturated heterocycles. The molecule has 154 valence electrons. The highest BCUT2D eigenvalue weighted by Gasteiger charge is 2.29. The molecular weight excluding hydrogens is 414 g/mol. The van der Waals surface area contributed by atoms with Crippen LogP contribution in [0.5, 0.6) is 0 Å². The maximum atomic E-state index is 12.5. The normalized spacial score (nSPS) is 13.9. The van der Waals surface area contributed by atoms with E-state index in [2.05, 4.69) is 10.6 Å². The summed E-state index contributed by atoms with van der Waals surface area (Å²) in [5.74, 6) is -0.241. The summed E-state index contributed by atoms with van der Waals surface area (Å²) in [5.41, 5.74) is 1.76. The van der Waals surface area contributed by atoms with E-state index in [4.69, 9.17) is 11.6 Å². The molecule has 2 aromatic rings. The number of anilines is 1. The highest BCUT2D eigenvalue weighted by atomic mass is 35.5. The van der Waals surface area contributed by atoms with Gasteiger partial charge in [0.25, 0.3) is 5.91 Å². The molecule has 0 bridgehead atoms. The van der Waals surface area contributed by atoms with Crippen LogP contribution < -0.4 is 10.6 Å². The standard InChI is InChI=1S/C20H22ClN3O4S/c1-24(2)29(27,28)18-11-15(7-10-17(18)21)19(25)22-12-13-3-8-16(9-4-13)23-20(26)14-5-6-14/h3-4,7-11,14H,5-6,12H2,1-2H3,(H,22,25)(H,23,26). The molecule has 1 saturated carbocycles. The molecule has 29 heavy (non-hydrogen) atoms. The van der Waals surface area contributed by atoms with Crippen molar-refractivity contribution in [2.45, 2.75) is 24.3 Å². The molecule has 1 aliphatic carbocycles. The highest BCUT2D eigenvalue weighted by molar-refractivity contribution is 7.89. The lowest BCUT2D eigenvalue weighted by atomic mass is 10.1. The van der Waals surface area contributed by atoms with Crippen molar-refractivity contribution in [1.29, 1.82) is 0 Å². The molecule has 2 N–H and O–H groups in total. The molecule has 1 fully saturated rings. The molecule has 0 spiro atoms. The Morgan fingerprint density at radius 2 is 1.76 bits per heavy atom. The molecule has 2 amide bonds. The molecule has 9 heteroatoms. The highest BCUT2D eigenvalue weighted by Crippen LogP contribution is 2.30. The summed E-state index contributed by atoms with van der Waals surface area (Å²) in [6.07, 6.45) is 1.89. The number of hydrogen-bond acceptors (Lipinski definition) is 4. The molecule has 3 rings (SSSR count). The van der Waals surface area contributed by atoms with Crippen molar-refractivity contribution in [3.05, 3.63) is 58.6 Å². The fourth-order valence-corrected chi connectivity index (χ4v) is 4.01. The molecule has 0 unspecified atom stereocenters. The average Bonchev–Trinajstić information content (AvgIpc) is 3.52. The van der Waals surface area contributed by atoms with E-state index >= 15 is 0 Å². The molecule has 0 atom stereocenters.